The average molecular weight is 275 g/mol. The molecule has 1 heterocycles. The summed E-state index contributed by atoms with van der Waals surface area (Å²) in [4.78, 5) is 4.10. The molecule has 0 N–H and O–H groups in total. The molecule has 0 saturated heterocycles. The largest absolute Gasteiger partial charge is 0.263 e. The monoisotopic (exact) mass is 273 g/mol. The Hall–Kier alpha value is -0.340. The molecule has 0 atom stereocenters. The lowest BCUT2D eigenvalue weighted by Gasteiger charge is -2.07. The highest BCUT2D eigenvalue weighted by molar-refractivity contribution is 9.10. The molecule has 3 heteroatoms. The second kappa shape index (κ2) is 5.52. The standard InChI is InChI=1S/C11H13BrClN/c1-8(2)10(5-13)3-9-4-11(12)7-14-6-9/h3-4,6-8H,5H2,1-2H3/b10-3+. The summed E-state index contributed by atoms with van der Waals surface area (Å²) in [7, 11) is 0. The summed E-state index contributed by atoms with van der Waals surface area (Å²) in [5.41, 5.74) is 2.32. The van der Waals surface area contributed by atoms with Gasteiger partial charge < -0.3 is 0 Å². The van der Waals surface area contributed by atoms with Crippen molar-refractivity contribution >= 4 is 33.6 Å². The van der Waals surface area contributed by atoms with E-state index < -0.39 is 0 Å². The highest BCUT2D eigenvalue weighted by Crippen LogP contribution is 2.17. The molecule has 0 amide bonds. The van der Waals surface area contributed by atoms with Crippen LogP contribution in [0.3, 0.4) is 0 Å². The van der Waals surface area contributed by atoms with E-state index in [0.717, 1.165) is 10.0 Å². The van der Waals surface area contributed by atoms with Gasteiger partial charge >= 0.3 is 0 Å². The Labute approximate surface area is 98.3 Å². The van der Waals surface area contributed by atoms with Gasteiger partial charge in [-0.05, 0) is 33.5 Å². The quantitative estimate of drug-likeness (QED) is 0.756. The van der Waals surface area contributed by atoms with Crippen molar-refractivity contribution in [2.24, 2.45) is 5.92 Å². The van der Waals surface area contributed by atoms with Crippen molar-refractivity contribution in [3.8, 4) is 0 Å². The van der Waals surface area contributed by atoms with Gasteiger partial charge in [0.25, 0.3) is 0 Å². The molecule has 0 aliphatic carbocycles. The van der Waals surface area contributed by atoms with Crippen LogP contribution in [0.5, 0.6) is 0 Å². The first kappa shape index (κ1) is 11.7. The number of aromatic nitrogens is 1. The third kappa shape index (κ3) is 3.43. The SMILES string of the molecule is CC(C)/C(=C/c1cncc(Br)c1)CCl. The molecule has 0 aliphatic rings. The molecular weight excluding hydrogens is 261 g/mol. The highest BCUT2D eigenvalue weighted by Gasteiger charge is 2.01. The number of alkyl halides is 1. The molecule has 0 radical (unpaired) electrons. The van der Waals surface area contributed by atoms with E-state index >= 15 is 0 Å². The number of allylic oxidation sites excluding steroid dienone is 1. The van der Waals surface area contributed by atoms with Gasteiger partial charge in [-0.25, -0.2) is 0 Å². The van der Waals surface area contributed by atoms with Crippen molar-refractivity contribution in [3.05, 3.63) is 34.1 Å². The summed E-state index contributed by atoms with van der Waals surface area (Å²) in [6.07, 6.45) is 5.70. The summed E-state index contributed by atoms with van der Waals surface area (Å²) >= 11 is 9.24. The fourth-order valence-corrected chi connectivity index (χ4v) is 1.85. The lowest BCUT2D eigenvalue weighted by atomic mass is 10.0. The molecule has 0 saturated carbocycles. The third-order valence-electron chi connectivity index (χ3n) is 1.97. The highest BCUT2D eigenvalue weighted by atomic mass is 79.9. The van der Waals surface area contributed by atoms with Gasteiger partial charge in [0.1, 0.15) is 0 Å². The summed E-state index contributed by atoms with van der Waals surface area (Å²) in [5, 5.41) is 0. The lowest BCUT2D eigenvalue weighted by Crippen LogP contribution is -1.95. The smallest absolute Gasteiger partial charge is 0.0439 e. The second-order valence-electron chi connectivity index (χ2n) is 3.44. The maximum Gasteiger partial charge on any atom is 0.0439 e. The minimum absolute atomic E-state index is 0.478. The van der Waals surface area contributed by atoms with E-state index in [1.807, 2.05) is 12.3 Å². The Morgan fingerprint density at radius 1 is 1.57 bits per heavy atom. The van der Waals surface area contributed by atoms with E-state index in [9.17, 15) is 0 Å². The molecule has 14 heavy (non-hydrogen) atoms. The predicted molar refractivity (Wildman–Crippen MR) is 65.5 cm³/mol. The first-order valence-corrected chi connectivity index (χ1v) is 5.83. The van der Waals surface area contributed by atoms with Crippen LogP contribution in [-0.4, -0.2) is 10.9 Å². The van der Waals surface area contributed by atoms with Crippen LogP contribution >= 0.6 is 27.5 Å². The fourth-order valence-electron chi connectivity index (χ4n) is 1.08. The molecule has 0 bridgehead atoms. The normalized spacial score (nSPS) is 12.2. The molecule has 0 unspecified atom stereocenters. The molecule has 1 nitrogen and oxygen atoms in total. The van der Waals surface area contributed by atoms with Crippen molar-refractivity contribution in [2.45, 2.75) is 13.8 Å². The molecule has 0 aromatic carbocycles. The maximum absolute atomic E-state index is 5.85. The van der Waals surface area contributed by atoms with Crippen molar-refractivity contribution < 1.29 is 0 Å². The van der Waals surface area contributed by atoms with Gasteiger partial charge in [-0.1, -0.05) is 25.5 Å². The molecule has 0 aliphatic heterocycles. The second-order valence-corrected chi connectivity index (χ2v) is 4.63. The molecule has 1 rings (SSSR count). The Morgan fingerprint density at radius 2 is 2.29 bits per heavy atom. The van der Waals surface area contributed by atoms with Crippen molar-refractivity contribution in [2.75, 3.05) is 5.88 Å². The van der Waals surface area contributed by atoms with Crippen LogP contribution in [0, 0.1) is 5.92 Å². The molecule has 76 valence electrons. The number of pyridine rings is 1. The van der Waals surface area contributed by atoms with Crippen LogP contribution in [0.1, 0.15) is 19.4 Å². The molecule has 1 aromatic rings. The number of nitrogens with zero attached hydrogens (tertiary/aromatic N) is 1. The lowest BCUT2D eigenvalue weighted by molar-refractivity contribution is 0.778. The first-order chi connectivity index (χ1) is 6.63. The van der Waals surface area contributed by atoms with Crippen LogP contribution in [0.2, 0.25) is 0 Å². The number of halogens is 2. The van der Waals surface area contributed by atoms with E-state index in [-0.39, 0.29) is 0 Å². The Bertz CT molecular complexity index is 334. The van der Waals surface area contributed by atoms with Gasteiger partial charge in [-0.3, -0.25) is 4.98 Å². The van der Waals surface area contributed by atoms with E-state index in [2.05, 4.69) is 40.8 Å². The summed E-state index contributed by atoms with van der Waals surface area (Å²) in [6.45, 7) is 4.28. The van der Waals surface area contributed by atoms with Crippen molar-refractivity contribution in [1.29, 1.82) is 0 Å². The summed E-state index contributed by atoms with van der Waals surface area (Å²) in [6, 6.07) is 2.03. The summed E-state index contributed by atoms with van der Waals surface area (Å²) < 4.78 is 0.990. The van der Waals surface area contributed by atoms with Gasteiger partial charge in [0, 0.05) is 22.7 Å². The molecule has 0 fully saturated rings. The number of hydrogen-bond acceptors (Lipinski definition) is 1. The van der Waals surface area contributed by atoms with Crippen LogP contribution in [0.15, 0.2) is 28.5 Å². The Kier molecular flexibility index (Phi) is 4.63. The first-order valence-electron chi connectivity index (χ1n) is 4.50. The third-order valence-corrected chi connectivity index (χ3v) is 2.72. The molecule has 0 spiro atoms. The minimum atomic E-state index is 0.478. The minimum Gasteiger partial charge on any atom is -0.263 e. The van der Waals surface area contributed by atoms with Crippen LogP contribution < -0.4 is 0 Å². The zero-order valence-corrected chi connectivity index (χ0v) is 10.6. The topological polar surface area (TPSA) is 12.9 Å². The van der Waals surface area contributed by atoms with Crippen LogP contribution in [-0.2, 0) is 0 Å². The van der Waals surface area contributed by atoms with Crippen molar-refractivity contribution in [1.82, 2.24) is 4.98 Å². The Morgan fingerprint density at radius 3 is 2.79 bits per heavy atom. The molecular formula is C11H13BrClN. The zero-order chi connectivity index (χ0) is 10.6. The van der Waals surface area contributed by atoms with Gasteiger partial charge in [-0.2, -0.15) is 0 Å². The number of rotatable bonds is 3. The van der Waals surface area contributed by atoms with E-state index in [1.54, 1.807) is 6.20 Å². The predicted octanol–water partition coefficient (Wildman–Crippen LogP) is 4.12. The van der Waals surface area contributed by atoms with E-state index in [0.29, 0.717) is 11.8 Å². The van der Waals surface area contributed by atoms with Gasteiger partial charge in [0.05, 0.1) is 0 Å². The van der Waals surface area contributed by atoms with E-state index in [4.69, 9.17) is 11.6 Å². The summed E-state index contributed by atoms with van der Waals surface area (Å²) in [5.74, 6) is 1.05. The fraction of sp³-hybridized carbons (Fsp3) is 0.364. The van der Waals surface area contributed by atoms with Crippen molar-refractivity contribution in [3.63, 3.8) is 0 Å². The van der Waals surface area contributed by atoms with Gasteiger partial charge in [0.15, 0.2) is 0 Å². The van der Waals surface area contributed by atoms with Crippen LogP contribution in [0.4, 0.5) is 0 Å². The number of hydrogen-bond donors (Lipinski definition) is 0. The van der Waals surface area contributed by atoms with Gasteiger partial charge in [-0.15, -0.1) is 11.6 Å². The zero-order valence-electron chi connectivity index (χ0n) is 8.30. The van der Waals surface area contributed by atoms with Gasteiger partial charge in [0.2, 0.25) is 0 Å². The Balaban J connectivity index is 2.94. The molecule has 1 aromatic heterocycles. The van der Waals surface area contributed by atoms with E-state index in [1.165, 1.54) is 5.57 Å². The average Bonchev–Trinajstić information content (AvgIpc) is 2.14. The maximum atomic E-state index is 5.85. The van der Waals surface area contributed by atoms with Crippen LogP contribution in [0.25, 0.3) is 6.08 Å².